The van der Waals surface area contributed by atoms with Crippen molar-refractivity contribution in [2.24, 2.45) is 24.8 Å². The molecule has 1 aromatic heterocycles. The fraction of sp³-hybridized carbons (Fsp3) is 0.765. The molecule has 5 rings (SSSR count). The van der Waals surface area contributed by atoms with Gasteiger partial charge in [-0.25, -0.2) is 4.79 Å². The van der Waals surface area contributed by atoms with Crippen molar-refractivity contribution in [3.05, 3.63) is 18.0 Å². The molecule has 4 saturated carbocycles. The van der Waals surface area contributed by atoms with Gasteiger partial charge in [0.05, 0.1) is 12.2 Å². The Morgan fingerprint density at radius 2 is 1.91 bits per heavy atom. The number of nitrogens with one attached hydrogen (secondary N) is 1. The van der Waals surface area contributed by atoms with Crippen LogP contribution in [0, 0.1) is 17.8 Å². The molecule has 4 aliphatic carbocycles. The number of amides is 2. The van der Waals surface area contributed by atoms with Gasteiger partial charge in [-0.05, 0) is 62.3 Å². The second kappa shape index (κ2) is 5.00. The molecule has 0 radical (unpaired) electrons. The molecule has 1 aromatic rings. The van der Waals surface area contributed by atoms with Gasteiger partial charge >= 0.3 is 6.03 Å². The third-order valence-corrected chi connectivity index (χ3v) is 5.93. The highest BCUT2D eigenvalue weighted by Gasteiger charge is 2.51. The summed E-state index contributed by atoms with van der Waals surface area (Å²) in [5.41, 5.74) is 1.02. The van der Waals surface area contributed by atoms with Gasteiger partial charge in [0.15, 0.2) is 0 Å². The van der Waals surface area contributed by atoms with E-state index in [1.54, 1.807) is 9.58 Å². The number of rotatable bonds is 3. The standard InChI is InChI=1S/C17H26N4O/c1-20(11-15-3-4-21(2)19-15)16(22)18-17-8-12-5-13(9-17)7-14(6-12)10-17/h3-4,12-14H,5-11H2,1-2H3,(H,18,22). The molecule has 5 nitrogen and oxygen atoms in total. The van der Waals surface area contributed by atoms with Gasteiger partial charge in [0.2, 0.25) is 0 Å². The molecule has 1 N–H and O–H groups in total. The van der Waals surface area contributed by atoms with Crippen LogP contribution in [0.4, 0.5) is 4.79 Å². The largest absolute Gasteiger partial charge is 0.333 e. The number of carbonyl (C=O) groups is 1. The third-order valence-electron chi connectivity index (χ3n) is 5.93. The topological polar surface area (TPSA) is 50.2 Å². The van der Waals surface area contributed by atoms with Crippen LogP contribution >= 0.6 is 0 Å². The summed E-state index contributed by atoms with van der Waals surface area (Å²) in [4.78, 5) is 14.4. The number of aryl methyl sites for hydroxylation is 1. The van der Waals surface area contributed by atoms with Crippen LogP contribution in [0.5, 0.6) is 0 Å². The van der Waals surface area contributed by atoms with Gasteiger partial charge in [-0.15, -0.1) is 0 Å². The van der Waals surface area contributed by atoms with Gasteiger partial charge in [-0.3, -0.25) is 4.68 Å². The number of hydrogen-bond acceptors (Lipinski definition) is 2. The Morgan fingerprint density at radius 3 is 2.41 bits per heavy atom. The van der Waals surface area contributed by atoms with E-state index in [-0.39, 0.29) is 11.6 Å². The van der Waals surface area contributed by atoms with Gasteiger partial charge < -0.3 is 10.2 Å². The lowest BCUT2D eigenvalue weighted by Gasteiger charge is -2.57. The van der Waals surface area contributed by atoms with Crippen molar-refractivity contribution in [3.8, 4) is 0 Å². The molecule has 4 fully saturated rings. The first-order valence-electron chi connectivity index (χ1n) is 8.53. The summed E-state index contributed by atoms with van der Waals surface area (Å²) in [6.07, 6.45) is 9.71. The number of aromatic nitrogens is 2. The van der Waals surface area contributed by atoms with Crippen molar-refractivity contribution < 1.29 is 4.79 Å². The predicted octanol–water partition coefficient (Wildman–Crippen LogP) is 2.53. The maximum atomic E-state index is 12.6. The van der Waals surface area contributed by atoms with E-state index in [4.69, 9.17) is 0 Å². The first-order chi connectivity index (χ1) is 10.5. The number of hydrogen-bond donors (Lipinski definition) is 1. The van der Waals surface area contributed by atoms with Crippen LogP contribution in [0.15, 0.2) is 12.3 Å². The summed E-state index contributed by atoms with van der Waals surface area (Å²) in [6, 6.07) is 2.03. The lowest BCUT2D eigenvalue weighted by molar-refractivity contribution is -0.0154. The lowest BCUT2D eigenvalue weighted by atomic mass is 9.53. The third kappa shape index (κ3) is 2.50. The Kier molecular flexibility index (Phi) is 3.20. The van der Waals surface area contributed by atoms with Gasteiger partial charge in [0.1, 0.15) is 0 Å². The molecule has 0 saturated heterocycles. The Morgan fingerprint density at radius 1 is 1.32 bits per heavy atom. The fourth-order valence-corrected chi connectivity index (χ4v) is 5.45. The molecule has 120 valence electrons. The average Bonchev–Trinajstić information content (AvgIpc) is 2.81. The van der Waals surface area contributed by atoms with Crippen molar-refractivity contribution >= 4 is 6.03 Å². The molecule has 0 spiro atoms. The predicted molar refractivity (Wildman–Crippen MR) is 84.1 cm³/mol. The SMILES string of the molecule is CN(Cc1ccn(C)n1)C(=O)NC12CC3CC(CC(C3)C1)C2. The first kappa shape index (κ1) is 14.1. The van der Waals surface area contributed by atoms with Crippen LogP contribution in [-0.2, 0) is 13.6 Å². The maximum absolute atomic E-state index is 12.6. The van der Waals surface area contributed by atoms with Crippen LogP contribution in [0.25, 0.3) is 0 Å². The maximum Gasteiger partial charge on any atom is 0.317 e. The average molecular weight is 302 g/mol. The summed E-state index contributed by atoms with van der Waals surface area (Å²) < 4.78 is 1.78. The Bertz CT molecular complexity index is 544. The van der Waals surface area contributed by atoms with Crippen LogP contribution in [0.3, 0.4) is 0 Å². The van der Waals surface area contributed by atoms with Crippen LogP contribution in [-0.4, -0.2) is 33.3 Å². The molecular weight excluding hydrogens is 276 g/mol. The van der Waals surface area contributed by atoms with E-state index in [1.165, 1.54) is 38.5 Å². The van der Waals surface area contributed by atoms with Crippen molar-refractivity contribution in [1.82, 2.24) is 20.0 Å². The molecule has 2 amide bonds. The molecule has 1 heterocycles. The van der Waals surface area contributed by atoms with E-state index in [9.17, 15) is 4.79 Å². The lowest BCUT2D eigenvalue weighted by Crippen LogP contribution is -2.61. The molecule has 0 aliphatic heterocycles. The second-order valence-corrected chi connectivity index (χ2v) is 7.96. The van der Waals surface area contributed by atoms with Gasteiger partial charge in [-0.1, -0.05) is 0 Å². The number of carbonyl (C=O) groups excluding carboxylic acids is 1. The number of nitrogens with zero attached hydrogens (tertiary/aromatic N) is 3. The van der Waals surface area contributed by atoms with Gasteiger partial charge in [0, 0.05) is 25.8 Å². The van der Waals surface area contributed by atoms with Crippen LogP contribution in [0.2, 0.25) is 0 Å². The minimum absolute atomic E-state index is 0.0626. The Balaban J connectivity index is 1.41. The highest BCUT2D eigenvalue weighted by molar-refractivity contribution is 5.74. The molecule has 22 heavy (non-hydrogen) atoms. The van der Waals surface area contributed by atoms with Crippen molar-refractivity contribution in [1.29, 1.82) is 0 Å². The van der Waals surface area contributed by atoms with E-state index < -0.39 is 0 Å². The zero-order valence-electron chi connectivity index (χ0n) is 13.6. The highest BCUT2D eigenvalue weighted by Crippen LogP contribution is 2.55. The van der Waals surface area contributed by atoms with E-state index in [1.807, 2.05) is 26.4 Å². The summed E-state index contributed by atoms with van der Waals surface area (Å²) >= 11 is 0. The quantitative estimate of drug-likeness (QED) is 0.933. The fourth-order valence-electron chi connectivity index (χ4n) is 5.45. The molecule has 0 atom stereocenters. The smallest absolute Gasteiger partial charge is 0.317 e. The molecule has 4 bridgehead atoms. The normalized spacial score (nSPS) is 35.6. The summed E-state index contributed by atoms with van der Waals surface area (Å²) in [6.45, 7) is 0.568. The van der Waals surface area contributed by atoms with E-state index in [0.717, 1.165) is 23.4 Å². The van der Waals surface area contributed by atoms with Gasteiger partial charge in [-0.2, -0.15) is 5.10 Å². The van der Waals surface area contributed by atoms with Crippen molar-refractivity contribution in [2.45, 2.75) is 50.6 Å². The summed E-state index contributed by atoms with van der Waals surface area (Å²) in [7, 11) is 3.77. The molecule has 4 aliphatic rings. The van der Waals surface area contributed by atoms with E-state index in [2.05, 4.69) is 10.4 Å². The van der Waals surface area contributed by atoms with Crippen LogP contribution in [0.1, 0.15) is 44.2 Å². The van der Waals surface area contributed by atoms with Crippen LogP contribution < -0.4 is 5.32 Å². The zero-order chi connectivity index (χ0) is 15.3. The summed E-state index contributed by atoms with van der Waals surface area (Å²) in [5.74, 6) is 2.56. The molecule has 5 heteroatoms. The highest BCUT2D eigenvalue weighted by atomic mass is 16.2. The number of urea groups is 1. The van der Waals surface area contributed by atoms with Crippen molar-refractivity contribution in [2.75, 3.05) is 7.05 Å². The Labute approximate surface area is 132 Å². The molecular formula is C17H26N4O. The van der Waals surface area contributed by atoms with Crippen molar-refractivity contribution in [3.63, 3.8) is 0 Å². The Hall–Kier alpha value is -1.52. The summed E-state index contributed by atoms with van der Waals surface area (Å²) in [5, 5.41) is 7.76. The zero-order valence-corrected chi connectivity index (χ0v) is 13.6. The molecule has 0 unspecified atom stereocenters. The van der Waals surface area contributed by atoms with Gasteiger partial charge in [0.25, 0.3) is 0 Å². The molecule has 0 aromatic carbocycles. The minimum Gasteiger partial charge on any atom is -0.333 e. The van der Waals surface area contributed by atoms with E-state index in [0.29, 0.717) is 6.54 Å². The minimum atomic E-state index is 0.0626. The monoisotopic (exact) mass is 302 g/mol. The second-order valence-electron chi connectivity index (χ2n) is 7.96. The first-order valence-corrected chi connectivity index (χ1v) is 8.53. The van der Waals surface area contributed by atoms with E-state index >= 15 is 0 Å².